The largest absolute Gasteiger partial charge is 0.394 e. The van der Waals surface area contributed by atoms with Gasteiger partial charge in [-0.05, 0) is 19.3 Å². The van der Waals surface area contributed by atoms with Gasteiger partial charge in [-0.3, -0.25) is 4.79 Å². The molecule has 16 heavy (non-hydrogen) atoms. The number of carbonyl (C=O) groups excluding carboxylic acids is 1. The van der Waals surface area contributed by atoms with Crippen molar-refractivity contribution in [2.75, 3.05) is 32.9 Å². The van der Waals surface area contributed by atoms with Gasteiger partial charge in [-0.2, -0.15) is 0 Å². The van der Waals surface area contributed by atoms with Crippen LogP contribution in [0, 0.1) is 0 Å². The monoisotopic (exact) mass is 228 g/mol. The number of amides is 1. The summed E-state index contributed by atoms with van der Waals surface area (Å²) in [6.45, 7) is 2.69. The molecule has 0 aromatic rings. The summed E-state index contributed by atoms with van der Waals surface area (Å²) >= 11 is 0. The van der Waals surface area contributed by atoms with Crippen LogP contribution in [0.5, 0.6) is 0 Å². The molecule has 2 saturated heterocycles. The van der Waals surface area contributed by atoms with Crippen LogP contribution in [0.2, 0.25) is 0 Å². The number of aliphatic hydroxyl groups is 1. The van der Waals surface area contributed by atoms with E-state index in [1.807, 2.05) is 4.90 Å². The van der Waals surface area contributed by atoms with Crippen molar-refractivity contribution in [1.82, 2.24) is 10.2 Å². The van der Waals surface area contributed by atoms with Crippen molar-refractivity contribution in [3.05, 3.63) is 0 Å². The molecule has 2 fully saturated rings. The number of hydrogen-bond acceptors (Lipinski definition) is 4. The molecule has 2 unspecified atom stereocenters. The average molecular weight is 228 g/mol. The fraction of sp³-hybridized carbons (Fsp3) is 0.909. The Balaban J connectivity index is 1.95. The number of likely N-dealkylation sites (tertiary alicyclic amines) is 1. The summed E-state index contributed by atoms with van der Waals surface area (Å²) in [4.78, 5) is 14.0. The number of ether oxygens (including phenoxy) is 1. The zero-order valence-corrected chi connectivity index (χ0v) is 9.52. The first-order chi connectivity index (χ1) is 7.83. The lowest BCUT2D eigenvalue weighted by Gasteiger charge is -2.37. The van der Waals surface area contributed by atoms with Gasteiger partial charge in [-0.15, -0.1) is 0 Å². The predicted octanol–water partition coefficient (Wildman–Crippen LogP) is -0.652. The van der Waals surface area contributed by atoms with Crippen LogP contribution in [0.15, 0.2) is 0 Å². The second-order valence-electron chi connectivity index (χ2n) is 4.45. The molecule has 2 N–H and O–H groups in total. The van der Waals surface area contributed by atoms with E-state index >= 15 is 0 Å². The van der Waals surface area contributed by atoms with Gasteiger partial charge in [0.1, 0.15) is 6.04 Å². The molecule has 2 aliphatic rings. The van der Waals surface area contributed by atoms with E-state index in [0.717, 1.165) is 32.4 Å². The quantitative estimate of drug-likeness (QED) is 0.659. The van der Waals surface area contributed by atoms with Crippen molar-refractivity contribution in [1.29, 1.82) is 0 Å². The average Bonchev–Trinajstić information content (AvgIpc) is 2.39. The SMILES string of the molecule is O=C(C1COCCN1)N1CCCCC1CO. The van der Waals surface area contributed by atoms with Crippen molar-refractivity contribution in [2.45, 2.75) is 31.3 Å². The summed E-state index contributed by atoms with van der Waals surface area (Å²) in [5, 5.41) is 12.4. The third-order valence-electron chi connectivity index (χ3n) is 3.34. The Morgan fingerprint density at radius 1 is 1.50 bits per heavy atom. The third kappa shape index (κ3) is 2.53. The highest BCUT2D eigenvalue weighted by molar-refractivity contribution is 5.82. The van der Waals surface area contributed by atoms with Crippen LogP contribution in [-0.2, 0) is 9.53 Å². The Morgan fingerprint density at radius 3 is 3.06 bits per heavy atom. The number of hydrogen-bond donors (Lipinski definition) is 2. The van der Waals surface area contributed by atoms with Crippen molar-refractivity contribution >= 4 is 5.91 Å². The maximum atomic E-state index is 12.2. The number of carbonyl (C=O) groups is 1. The van der Waals surface area contributed by atoms with Crippen LogP contribution in [0.3, 0.4) is 0 Å². The highest BCUT2D eigenvalue weighted by Crippen LogP contribution is 2.17. The fourth-order valence-corrected chi connectivity index (χ4v) is 2.40. The van der Waals surface area contributed by atoms with Crippen molar-refractivity contribution in [3.63, 3.8) is 0 Å². The third-order valence-corrected chi connectivity index (χ3v) is 3.34. The van der Waals surface area contributed by atoms with Gasteiger partial charge in [0.25, 0.3) is 0 Å². The summed E-state index contributed by atoms with van der Waals surface area (Å²) in [7, 11) is 0. The Kier molecular flexibility index (Phi) is 4.15. The molecule has 5 nitrogen and oxygen atoms in total. The molecule has 5 heteroatoms. The lowest BCUT2D eigenvalue weighted by molar-refractivity contribution is -0.141. The maximum absolute atomic E-state index is 12.2. The van der Waals surface area contributed by atoms with E-state index in [1.54, 1.807) is 0 Å². The second-order valence-corrected chi connectivity index (χ2v) is 4.45. The fourth-order valence-electron chi connectivity index (χ4n) is 2.40. The van der Waals surface area contributed by atoms with Crippen LogP contribution in [0.4, 0.5) is 0 Å². The maximum Gasteiger partial charge on any atom is 0.242 e. The Bertz CT molecular complexity index is 241. The summed E-state index contributed by atoms with van der Waals surface area (Å²) in [6, 6.07) is -0.217. The lowest BCUT2D eigenvalue weighted by Crippen LogP contribution is -2.56. The number of nitrogens with one attached hydrogen (secondary N) is 1. The van der Waals surface area contributed by atoms with E-state index < -0.39 is 0 Å². The highest BCUT2D eigenvalue weighted by atomic mass is 16.5. The topological polar surface area (TPSA) is 61.8 Å². The standard InChI is InChI=1S/C11H20N2O3/c14-7-9-3-1-2-5-13(9)11(15)10-8-16-6-4-12-10/h9-10,12,14H,1-8H2. The number of nitrogens with zero attached hydrogens (tertiary/aromatic N) is 1. The van der Waals surface area contributed by atoms with E-state index in [-0.39, 0.29) is 24.6 Å². The van der Waals surface area contributed by atoms with Crippen molar-refractivity contribution in [2.24, 2.45) is 0 Å². The van der Waals surface area contributed by atoms with E-state index in [0.29, 0.717) is 13.2 Å². The highest BCUT2D eigenvalue weighted by Gasteiger charge is 2.31. The van der Waals surface area contributed by atoms with Crippen LogP contribution >= 0.6 is 0 Å². The van der Waals surface area contributed by atoms with Gasteiger partial charge in [0.05, 0.1) is 25.9 Å². The van der Waals surface area contributed by atoms with Crippen LogP contribution in [0.1, 0.15) is 19.3 Å². The molecule has 2 aliphatic heterocycles. The molecule has 92 valence electrons. The Hall–Kier alpha value is -0.650. The first-order valence-electron chi connectivity index (χ1n) is 6.05. The van der Waals surface area contributed by atoms with E-state index in [2.05, 4.69) is 5.32 Å². The van der Waals surface area contributed by atoms with Crippen LogP contribution < -0.4 is 5.32 Å². The minimum atomic E-state index is -0.221. The van der Waals surface area contributed by atoms with Crippen LogP contribution in [0.25, 0.3) is 0 Å². The summed E-state index contributed by atoms with van der Waals surface area (Å²) in [5.74, 6) is 0.0819. The van der Waals surface area contributed by atoms with Crippen molar-refractivity contribution in [3.8, 4) is 0 Å². The summed E-state index contributed by atoms with van der Waals surface area (Å²) < 4.78 is 5.29. The Labute approximate surface area is 95.8 Å². The first kappa shape index (κ1) is 11.8. The predicted molar refractivity (Wildman–Crippen MR) is 59.0 cm³/mol. The summed E-state index contributed by atoms with van der Waals surface area (Å²) in [5.41, 5.74) is 0. The normalized spacial score (nSPS) is 31.4. The lowest BCUT2D eigenvalue weighted by atomic mass is 10.0. The molecule has 0 aromatic heterocycles. The molecule has 2 rings (SSSR count). The molecule has 0 spiro atoms. The molecule has 0 radical (unpaired) electrons. The minimum absolute atomic E-state index is 0.00461. The Morgan fingerprint density at radius 2 is 2.38 bits per heavy atom. The van der Waals surface area contributed by atoms with E-state index in [1.165, 1.54) is 0 Å². The van der Waals surface area contributed by atoms with Crippen molar-refractivity contribution < 1.29 is 14.6 Å². The summed E-state index contributed by atoms with van der Waals surface area (Å²) in [6.07, 6.45) is 3.05. The number of morpholine rings is 1. The molecule has 0 saturated carbocycles. The van der Waals surface area contributed by atoms with Gasteiger partial charge >= 0.3 is 0 Å². The molecule has 2 atom stereocenters. The molecular weight excluding hydrogens is 208 g/mol. The van der Waals surface area contributed by atoms with Gasteiger partial charge in [-0.1, -0.05) is 0 Å². The number of rotatable bonds is 2. The second kappa shape index (κ2) is 5.61. The smallest absolute Gasteiger partial charge is 0.242 e. The van der Waals surface area contributed by atoms with Crippen LogP contribution in [-0.4, -0.2) is 60.9 Å². The van der Waals surface area contributed by atoms with Gasteiger partial charge in [0, 0.05) is 13.1 Å². The van der Waals surface area contributed by atoms with E-state index in [9.17, 15) is 9.90 Å². The van der Waals surface area contributed by atoms with Gasteiger partial charge < -0.3 is 20.1 Å². The van der Waals surface area contributed by atoms with Gasteiger partial charge in [0.2, 0.25) is 5.91 Å². The molecule has 0 aliphatic carbocycles. The molecule has 2 heterocycles. The number of aliphatic hydroxyl groups excluding tert-OH is 1. The zero-order chi connectivity index (χ0) is 11.4. The van der Waals surface area contributed by atoms with Gasteiger partial charge in [0.15, 0.2) is 0 Å². The first-order valence-corrected chi connectivity index (χ1v) is 6.05. The molecular formula is C11H20N2O3. The number of piperidine rings is 1. The molecule has 1 amide bonds. The van der Waals surface area contributed by atoms with Gasteiger partial charge in [-0.25, -0.2) is 0 Å². The zero-order valence-electron chi connectivity index (χ0n) is 9.52. The minimum Gasteiger partial charge on any atom is -0.394 e. The molecule has 0 aromatic carbocycles. The molecule has 0 bridgehead atoms. The van der Waals surface area contributed by atoms with E-state index in [4.69, 9.17) is 4.74 Å².